The van der Waals surface area contributed by atoms with Gasteiger partial charge in [0.15, 0.2) is 12.8 Å². The van der Waals surface area contributed by atoms with Crippen LogP contribution >= 0.6 is 0 Å². The number of likely N-dealkylation sites (N-methyl/N-ethyl adjacent to an activating group) is 1. The van der Waals surface area contributed by atoms with Crippen molar-refractivity contribution in [2.75, 3.05) is 65.5 Å². The van der Waals surface area contributed by atoms with E-state index in [9.17, 15) is 15.0 Å². The molecule has 3 N–H and O–H groups in total. The molecule has 8 heteroatoms. The van der Waals surface area contributed by atoms with Crippen LogP contribution in [-0.2, 0) is 14.3 Å². The number of carbonyl (C=O) groups is 1. The highest BCUT2D eigenvalue weighted by Gasteiger charge is 2.49. The minimum absolute atomic E-state index is 0.0636. The maximum absolute atomic E-state index is 12.7. The third-order valence-electron chi connectivity index (χ3n) is 7.86. The van der Waals surface area contributed by atoms with Gasteiger partial charge in [-0.25, -0.2) is 0 Å². The van der Waals surface area contributed by atoms with Crippen LogP contribution in [0.1, 0.15) is 26.2 Å². The number of hydrogen-bond acceptors (Lipinski definition) is 5. The first-order valence-corrected chi connectivity index (χ1v) is 11.1. The van der Waals surface area contributed by atoms with Crippen LogP contribution in [0, 0.1) is 5.92 Å². The Kier molecular flexibility index (Phi) is 5.98. The number of aliphatic hydroxyl groups excluding tert-OH is 2. The van der Waals surface area contributed by atoms with E-state index in [4.69, 9.17) is 9.47 Å². The van der Waals surface area contributed by atoms with Gasteiger partial charge in [-0.2, -0.15) is 0 Å². The number of fused-ring (bicyclic) bond motifs is 9. The molecule has 28 heavy (non-hydrogen) atoms. The standard InChI is InChI=1S/C20H36N3O5/c1-2-22-6-9-23(10-7-22,11-8-22)14-17(24)21-13-16-15-5-3-4-12-27-20(28-16)19(26)18(15)25/h15-16,18-20,25-26H,2-14H2,1H3/q+1/p+1. The van der Waals surface area contributed by atoms with Crippen LogP contribution in [0.15, 0.2) is 0 Å². The summed E-state index contributed by atoms with van der Waals surface area (Å²) in [5.74, 6) is -0.110. The molecule has 8 nitrogen and oxygen atoms in total. The van der Waals surface area contributed by atoms with Gasteiger partial charge in [-0.3, -0.25) is 4.79 Å². The molecule has 5 atom stereocenters. The number of carbonyl (C=O) groups excluding carboxylic acids is 1. The largest absolute Gasteiger partial charge is 0.390 e. The van der Waals surface area contributed by atoms with E-state index < -0.39 is 18.5 Å². The minimum Gasteiger partial charge on any atom is -0.390 e. The number of nitrogens with one attached hydrogen (secondary N) is 1. The summed E-state index contributed by atoms with van der Waals surface area (Å²) in [5.41, 5.74) is 0. The van der Waals surface area contributed by atoms with Crippen LogP contribution in [0.2, 0.25) is 0 Å². The second-order valence-electron chi connectivity index (χ2n) is 9.36. The van der Waals surface area contributed by atoms with Crippen molar-refractivity contribution >= 4 is 5.91 Å². The maximum atomic E-state index is 12.7. The topological polar surface area (TPSA) is 88.0 Å². The average Bonchev–Trinajstić information content (AvgIpc) is 2.86. The molecule has 4 bridgehead atoms. The van der Waals surface area contributed by atoms with Gasteiger partial charge in [-0.1, -0.05) is 6.42 Å². The van der Waals surface area contributed by atoms with E-state index in [-0.39, 0.29) is 17.9 Å². The summed E-state index contributed by atoms with van der Waals surface area (Å²) in [6.45, 7) is 11.7. The summed E-state index contributed by atoms with van der Waals surface area (Å²) in [6.07, 6.45) is -0.433. The number of hydrogen-bond donors (Lipinski definition) is 3. The number of ether oxygens (including phenoxy) is 2. The monoisotopic (exact) mass is 399 g/mol. The highest BCUT2D eigenvalue weighted by atomic mass is 16.7. The molecule has 0 aliphatic carbocycles. The summed E-state index contributed by atoms with van der Waals surface area (Å²) < 4.78 is 13.7. The van der Waals surface area contributed by atoms with Crippen molar-refractivity contribution < 1.29 is 33.4 Å². The van der Waals surface area contributed by atoms with Gasteiger partial charge >= 0.3 is 0 Å². The van der Waals surface area contributed by atoms with Crippen LogP contribution in [0.4, 0.5) is 0 Å². The highest BCUT2D eigenvalue weighted by molar-refractivity contribution is 5.77. The van der Waals surface area contributed by atoms with Crippen LogP contribution in [-0.4, -0.2) is 115 Å². The first-order valence-electron chi connectivity index (χ1n) is 11.1. The molecule has 0 aromatic heterocycles. The highest BCUT2D eigenvalue weighted by Crippen LogP contribution is 2.32. The van der Waals surface area contributed by atoms with Gasteiger partial charge in [0.1, 0.15) is 45.4 Å². The molecule has 6 aliphatic heterocycles. The fraction of sp³-hybridized carbons (Fsp3) is 0.950. The van der Waals surface area contributed by atoms with Crippen molar-refractivity contribution in [1.29, 1.82) is 0 Å². The van der Waals surface area contributed by atoms with E-state index >= 15 is 0 Å². The molecule has 0 aromatic rings. The van der Waals surface area contributed by atoms with E-state index in [1.54, 1.807) is 0 Å². The maximum Gasteiger partial charge on any atom is 0.275 e. The fourth-order valence-corrected chi connectivity index (χ4v) is 5.59. The van der Waals surface area contributed by atoms with Gasteiger partial charge in [0.25, 0.3) is 5.91 Å². The van der Waals surface area contributed by atoms with Gasteiger partial charge in [-0.05, 0) is 19.8 Å². The predicted molar refractivity (Wildman–Crippen MR) is 102 cm³/mol. The van der Waals surface area contributed by atoms with Crippen molar-refractivity contribution in [2.45, 2.75) is 50.8 Å². The van der Waals surface area contributed by atoms with E-state index in [1.807, 2.05) is 0 Å². The molecule has 0 saturated carbocycles. The molecular formula is C20H37N3O5+2. The molecule has 6 rings (SSSR count). The molecule has 160 valence electrons. The lowest BCUT2D eigenvalue weighted by atomic mass is 9.85. The number of quaternary nitrogens is 2. The Morgan fingerprint density at radius 1 is 1.04 bits per heavy atom. The number of rotatable bonds is 5. The summed E-state index contributed by atoms with van der Waals surface area (Å²) in [7, 11) is 0. The third-order valence-corrected chi connectivity index (χ3v) is 7.86. The van der Waals surface area contributed by atoms with E-state index in [1.165, 1.54) is 30.7 Å². The van der Waals surface area contributed by atoms with Crippen LogP contribution < -0.4 is 5.32 Å². The Balaban J connectivity index is 1.32. The third kappa shape index (κ3) is 3.95. The van der Waals surface area contributed by atoms with Gasteiger partial charge in [-0.15, -0.1) is 0 Å². The van der Waals surface area contributed by atoms with Crippen LogP contribution in [0.5, 0.6) is 0 Å². The molecule has 0 radical (unpaired) electrons. The van der Waals surface area contributed by atoms with Crippen LogP contribution in [0.3, 0.4) is 0 Å². The Morgan fingerprint density at radius 2 is 1.71 bits per heavy atom. The second-order valence-corrected chi connectivity index (χ2v) is 9.36. The molecule has 5 unspecified atom stereocenters. The lowest BCUT2D eigenvalue weighted by molar-refractivity contribution is -1.08. The SMILES string of the molecule is CC[N+]12CC[N+](CC(=O)NCC3OC4OCCCCC3C(O)C4O)(CC1)CC2. The molecule has 6 heterocycles. The summed E-state index contributed by atoms with van der Waals surface area (Å²) in [5, 5.41) is 23.8. The first kappa shape index (κ1) is 20.5. The average molecular weight is 400 g/mol. The number of amides is 1. The first-order chi connectivity index (χ1) is 13.5. The summed E-state index contributed by atoms with van der Waals surface area (Å²) >= 11 is 0. The normalized spacial score (nSPS) is 45.9. The zero-order valence-corrected chi connectivity index (χ0v) is 17.1. The fourth-order valence-electron chi connectivity index (χ4n) is 5.59. The minimum atomic E-state index is -1.02. The quantitative estimate of drug-likeness (QED) is 0.519. The second kappa shape index (κ2) is 8.16. The number of aliphatic hydroxyl groups is 2. The lowest BCUT2D eigenvalue weighted by Crippen LogP contribution is -2.76. The van der Waals surface area contributed by atoms with Crippen molar-refractivity contribution in [3.63, 3.8) is 0 Å². The van der Waals surface area contributed by atoms with Gasteiger partial charge in [0.05, 0.1) is 18.8 Å². The lowest BCUT2D eigenvalue weighted by Gasteiger charge is -2.55. The Labute approximate surface area is 167 Å². The smallest absolute Gasteiger partial charge is 0.275 e. The van der Waals surface area contributed by atoms with Gasteiger partial charge < -0.3 is 34.0 Å². The van der Waals surface area contributed by atoms with Gasteiger partial charge in [0, 0.05) is 19.1 Å². The zero-order chi connectivity index (χ0) is 19.8. The molecule has 0 aromatic carbocycles. The zero-order valence-electron chi connectivity index (χ0n) is 17.1. The van der Waals surface area contributed by atoms with Crippen molar-refractivity contribution in [1.82, 2.24) is 5.32 Å². The van der Waals surface area contributed by atoms with Crippen molar-refractivity contribution in [3.05, 3.63) is 0 Å². The summed E-state index contributed by atoms with van der Waals surface area (Å²) in [6, 6.07) is 0. The molecule has 0 spiro atoms. The predicted octanol–water partition coefficient (Wildman–Crippen LogP) is -0.953. The molecule has 1 amide bonds. The molecule has 6 fully saturated rings. The molecule has 6 aliphatic rings. The van der Waals surface area contributed by atoms with E-state index in [2.05, 4.69) is 12.2 Å². The number of nitrogens with zero attached hydrogens (tertiary/aromatic N) is 2. The van der Waals surface area contributed by atoms with Gasteiger partial charge in [0.2, 0.25) is 0 Å². The Bertz CT molecular complexity index is 548. The van der Waals surface area contributed by atoms with Crippen molar-refractivity contribution in [2.24, 2.45) is 5.92 Å². The molecular weight excluding hydrogens is 362 g/mol. The number of piperazine rings is 3. The van der Waals surface area contributed by atoms with E-state index in [0.717, 1.165) is 43.4 Å². The van der Waals surface area contributed by atoms with Crippen molar-refractivity contribution in [3.8, 4) is 0 Å². The summed E-state index contributed by atoms with van der Waals surface area (Å²) in [4.78, 5) is 12.7. The Hall–Kier alpha value is -0.770. The molecule has 6 saturated heterocycles. The Morgan fingerprint density at radius 3 is 2.39 bits per heavy atom. The van der Waals surface area contributed by atoms with E-state index in [0.29, 0.717) is 19.7 Å². The van der Waals surface area contributed by atoms with Crippen LogP contribution in [0.25, 0.3) is 0 Å².